The number of esters is 1. The van der Waals surface area contributed by atoms with E-state index >= 15 is 0 Å². The van der Waals surface area contributed by atoms with Gasteiger partial charge in [-0.05, 0) is 37.6 Å². The summed E-state index contributed by atoms with van der Waals surface area (Å²) in [4.78, 5) is 23.0. The minimum absolute atomic E-state index is 0.284. The minimum Gasteiger partial charge on any atom is -0.467 e. The molecule has 92 valence electrons. The molecule has 0 aliphatic carbocycles. The van der Waals surface area contributed by atoms with Crippen LogP contribution in [0.2, 0.25) is 0 Å². The third-order valence-electron chi connectivity index (χ3n) is 2.34. The minimum atomic E-state index is -0.657. The highest BCUT2D eigenvalue weighted by Gasteiger charge is 2.17. The van der Waals surface area contributed by atoms with Gasteiger partial charge in [-0.15, -0.1) is 0 Å². The number of aryl methyl sites for hydroxylation is 1. The molecule has 1 aromatic rings. The largest absolute Gasteiger partial charge is 0.467 e. The summed E-state index contributed by atoms with van der Waals surface area (Å²) in [6.45, 7) is 3.42. The lowest BCUT2D eigenvalue weighted by Crippen LogP contribution is -2.39. The Morgan fingerprint density at radius 3 is 2.59 bits per heavy atom. The molecule has 4 nitrogen and oxygen atoms in total. The van der Waals surface area contributed by atoms with Crippen molar-refractivity contribution < 1.29 is 14.3 Å². The smallest absolute Gasteiger partial charge is 0.328 e. The number of benzene rings is 1. The number of amides is 1. The Labute approximate surface area is 108 Å². The lowest BCUT2D eigenvalue weighted by atomic mass is 10.1. The van der Waals surface area contributed by atoms with Crippen LogP contribution in [0.15, 0.2) is 22.7 Å². The molecule has 1 N–H and O–H groups in total. The second-order valence-corrected chi connectivity index (χ2v) is 4.59. The molecule has 0 fully saturated rings. The Morgan fingerprint density at radius 1 is 1.41 bits per heavy atom. The molecule has 1 atom stereocenters. The number of carbonyl (C=O) groups excluding carboxylic acids is 2. The van der Waals surface area contributed by atoms with Crippen LogP contribution in [0.4, 0.5) is 0 Å². The lowest BCUT2D eigenvalue weighted by molar-refractivity contribution is -0.142. The van der Waals surface area contributed by atoms with Gasteiger partial charge in [-0.25, -0.2) is 4.79 Å². The van der Waals surface area contributed by atoms with Crippen LogP contribution in [0.25, 0.3) is 0 Å². The van der Waals surface area contributed by atoms with E-state index < -0.39 is 12.0 Å². The maximum atomic E-state index is 11.9. The van der Waals surface area contributed by atoms with Crippen molar-refractivity contribution in [2.75, 3.05) is 7.11 Å². The van der Waals surface area contributed by atoms with Crippen LogP contribution in [0.3, 0.4) is 0 Å². The second kappa shape index (κ2) is 5.82. The van der Waals surface area contributed by atoms with E-state index in [1.54, 1.807) is 19.1 Å². The standard InChI is InChI=1S/C12H14BrNO3/c1-7-6-9(13)4-5-10(7)11(15)14-8(2)12(16)17-3/h4-6,8H,1-3H3,(H,14,15). The molecule has 0 aromatic heterocycles. The fraction of sp³-hybridized carbons (Fsp3) is 0.333. The predicted molar refractivity (Wildman–Crippen MR) is 67.8 cm³/mol. The van der Waals surface area contributed by atoms with E-state index in [0.717, 1.165) is 10.0 Å². The van der Waals surface area contributed by atoms with E-state index in [0.29, 0.717) is 5.56 Å². The molecule has 17 heavy (non-hydrogen) atoms. The number of ether oxygens (including phenoxy) is 1. The summed E-state index contributed by atoms with van der Waals surface area (Å²) in [7, 11) is 1.29. The average Bonchev–Trinajstić information content (AvgIpc) is 2.27. The molecule has 1 rings (SSSR count). The average molecular weight is 300 g/mol. The maximum absolute atomic E-state index is 11.9. The normalized spacial score (nSPS) is 11.8. The first-order chi connectivity index (χ1) is 7.95. The number of halogens is 1. The fourth-order valence-electron chi connectivity index (χ4n) is 1.39. The Balaban J connectivity index is 2.80. The Kier molecular flexibility index (Phi) is 4.69. The van der Waals surface area contributed by atoms with Gasteiger partial charge >= 0.3 is 5.97 Å². The monoisotopic (exact) mass is 299 g/mol. The first-order valence-electron chi connectivity index (χ1n) is 5.10. The van der Waals surface area contributed by atoms with Crippen LogP contribution in [-0.2, 0) is 9.53 Å². The summed E-state index contributed by atoms with van der Waals surface area (Å²) in [5.74, 6) is -0.749. The summed E-state index contributed by atoms with van der Waals surface area (Å²) in [6.07, 6.45) is 0. The van der Waals surface area contributed by atoms with Gasteiger partial charge in [0.05, 0.1) is 7.11 Å². The SMILES string of the molecule is COC(=O)C(C)NC(=O)c1ccc(Br)cc1C. The van der Waals surface area contributed by atoms with Gasteiger partial charge in [0.2, 0.25) is 0 Å². The number of rotatable bonds is 3. The van der Waals surface area contributed by atoms with Crippen LogP contribution in [-0.4, -0.2) is 25.0 Å². The molecule has 0 saturated carbocycles. The van der Waals surface area contributed by atoms with Gasteiger partial charge in [0.25, 0.3) is 5.91 Å². The highest BCUT2D eigenvalue weighted by Crippen LogP contribution is 2.15. The van der Waals surface area contributed by atoms with Crippen molar-refractivity contribution in [3.8, 4) is 0 Å². The Morgan fingerprint density at radius 2 is 2.06 bits per heavy atom. The molecule has 0 heterocycles. The quantitative estimate of drug-likeness (QED) is 0.869. The van der Waals surface area contributed by atoms with Gasteiger partial charge in [0.1, 0.15) is 6.04 Å². The summed E-state index contributed by atoms with van der Waals surface area (Å²) in [5, 5.41) is 2.58. The van der Waals surface area contributed by atoms with Crippen molar-refractivity contribution in [3.05, 3.63) is 33.8 Å². The van der Waals surface area contributed by atoms with Crippen LogP contribution in [0.5, 0.6) is 0 Å². The fourth-order valence-corrected chi connectivity index (χ4v) is 1.87. The molecule has 0 aliphatic heterocycles. The molecule has 0 radical (unpaired) electrons. The Bertz CT molecular complexity index is 445. The summed E-state index contributed by atoms with van der Waals surface area (Å²) >= 11 is 3.32. The maximum Gasteiger partial charge on any atom is 0.328 e. The zero-order valence-electron chi connectivity index (χ0n) is 9.91. The number of methoxy groups -OCH3 is 1. The van der Waals surface area contributed by atoms with Gasteiger partial charge < -0.3 is 10.1 Å². The van der Waals surface area contributed by atoms with Crippen molar-refractivity contribution in [3.63, 3.8) is 0 Å². The molecule has 1 unspecified atom stereocenters. The van der Waals surface area contributed by atoms with Crippen molar-refractivity contribution in [2.24, 2.45) is 0 Å². The van der Waals surface area contributed by atoms with E-state index in [-0.39, 0.29) is 5.91 Å². The van der Waals surface area contributed by atoms with Crippen molar-refractivity contribution in [1.82, 2.24) is 5.32 Å². The van der Waals surface area contributed by atoms with Gasteiger partial charge in [-0.3, -0.25) is 4.79 Å². The summed E-state index contributed by atoms with van der Waals surface area (Å²) in [5.41, 5.74) is 1.39. The van der Waals surface area contributed by atoms with E-state index in [1.807, 2.05) is 13.0 Å². The molecule has 1 aromatic carbocycles. The van der Waals surface area contributed by atoms with Crippen LogP contribution in [0.1, 0.15) is 22.8 Å². The number of nitrogens with one attached hydrogen (secondary N) is 1. The molecule has 0 spiro atoms. The van der Waals surface area contributed by atoms with Crippen LogP contribution in [0, 0.1) is 6.92 Å². The van der Waals surface area contributed by atoms with Crippen LogP contribution >= 0.6 is 15.9 Å². The van der Waals surface area contributed by atoms with E-state index in [4.69, 9.17) is 0 Å². The van der Waals surface area contributed by atoms with E-state index in [1.165, 1.54) is 7.11 Å². The predicted octanol–water partition coefficient (Wildman–Crippen LogP) is 2.05. The third kappa shape index (κ3) is 3.56. The van der Waals surface area contributed by atoms with Gasteiger partial charge in [0.15, 0.2) is 0 Å². The zero-order chi connectivity index (χ0) is 13.0. The van der Waals surface area contributed by atoms with Gasteiger partial charge in [0, 0.05) is 10.0 Å². The highest BCUT2D eigenvalue weighted by atomic mass is 79.9. The Hall–Kier alpha value is -1.36. The second-order valence-electron chi connectivity index (χ2n) is 3.68. The van der Waals surface area contributed by atoms with Crippen molar-refractivity contribution in [2.45, 2.75) is 19.9 Å². The van der Waals surface area contributed by atoms with Crippen molar-refractivity contribution in [1.29, 1.82) is 0 Å². The molecule has 1 amide bonds. The highest BCUT2D eigenvalue weighted by molar-refractivity contribution is 9.10. The summed E-state index contributed by atoms with van der Waals surface area (Å²) < 4.78 is 5.45. The van der Waals surface area contributed by atoms with Crippen LogP contribution < -0.4 is 5.32 Å². The first kappa shape index (κ1) is 13.7. The topological polar surface area (TPSA) is 55.4 Å². The molecule has 0 saturated heterocycles. The van der Waals surface area contributed by atoms with E-state index in [9.17, 15) is 9.59 Å². The molecule has 5 heteroatoms. The molecular weight excluding hydrogens is 286 g/mol. The number of hydrogen-bond donors (Lipinski definition) is 1. The van der Waals surface area contributed by atoms with Gasteiger partial charge in [-0.2, -0.15) is 0 Å². The van der Waals surface area contributed by atoms with Crippen molar-refractivity contribution >= 4 is 27.8 Å². The molecule has 0 bridgehead atoms. The van der Waals surface area contributed by atoms with Gasteiger partial charge in [-0.1, -0.05) is 15.9 Å². The summed E-state index contributed by atoms with van der Waals surface area (Å²) in [6, 6.07) is 4.68. The van der Waals surface area contributed by atoms with E-state index in [2.05, 4.69) is 26.0 Å². The first-order valence-corrected chi connectivity index (χ1v) is 5.90. The molecular formula is C12H14BrNO3. The lowest BCUT2D eigenvalue weighted by Gasteiger charge is -2.12. The third-order valence-corrected chi connectivity index (χ3v) is 2.83. The zero-order valence-corrected chi connectivity index (χ0v) is 11.5. The molecule has 0 aliphatic rings. The number of carbonyl (C=O) groups is 2. The number of hydrogen-bond acceptors (Lipinski definition) is 3.